The number of hydrogen-bond donors (Lipinski definition) is 1. The van der Waals surface area contributed by atoms with E-state index in [4.69, 9.17) is 5.73 Å². The first-order chi connectivity index (χ1) is 5.18. The smallest absolute Gasteiger partial charge is 0.225 e. The number of hydrogen-bond acceptors (Lipinski definition) is 2. The summed E-state index contributed by atoms with van der Waals surface area (Å²) in [6, 6.07) is 0.280. The first kappa shape index (κ1) is 7.10. The molecule has 0 radical (unpaired) electrons. The predicted molar refractivity (Wildman–Crippen MR) is 41.8 cm³/mol. The lowest BCUT2D eigenvalue weighted by atomic mass is 10.0. The Balaban J connectivity index is 2.13. The molecule has 3 heteroatoms. The molecule has 1 aliphatic heterocycles. The maximum Gasteiger partial charge on any atom is 0.225 e. The fourth-order valence-corrected chi connectivity index (χ4v) is 2.40. The van der Waals surface area contributed by atoms with E-state index in [1.807, 2.05) is 11.9 Å². The minimum atomic E-state index is 0.259. The molecule has 1 amide bonds. The van der Waals surface area contributed by atoms with Crippen LogP contribution >= 0.6 is 0 Å². The van der Waals surface area contributed by atoms with Gasteiger partial charge in [-0.25, -0.2) is 0 Å². The molecule has 11 heavy (non-hydrogen) atoms. The van der Waals surface area contributed by atoms with Crippen LogP contribution in [0.5, 0.6) is 0 Å². The fourth-order valence-electron chi connectivity index (χ4n) is 2.40. The molecular weight excluding hydrogens is 140 g/mol. The molecule has 0 bridgehead atoms. The summed E-state index contributed by atoms with van der Waals surface area (Å²) in [6.45, 7) is 0.928. The van der Waals surface area contributed by atoms with Gasteiger partial charge in [-0.05, 0) is 18.8 Å². The molecule has 1 aliphatic carbocycles. The highest BCUT2D eigenvalue weighted by atomic mass is 16.2. The Labute approximate surface area is 66.5 Å². The van der Waals surface area contributed by atoms with Crippen molar-refractivity contribution < 1.29 is 4.79 Å². The Kier molecular flexibility index (Phi) is 1.42. The minimum Gasteiger partial charge on any atom is -0.345 e. The molecule has 0 aromatic rings. The van der Waals surface area contributed by atoms with Crippen molar-refractivity contribution >= 4 is 5.91 Å². The molecule has 0 spiro atoms. The van der Waals surface area contributed by atoms with Crippen LogP contribution in [0.4, 0.5) is 0 Å². The van der Waals surface area contributed by atoms with Crippen LogP contribution in [0.3, 0.4) is 0 Å². The Morgan fingerprint density at radius 2 is 2.27 bits per heavy atom. The van der Waals surface area contributed by atoms with Gasteiger partial charge in [0.15, 0.2) is 0 Å². The third kappa shape index (κ3) is 0.948. The highest BCUT2D eigenvalue weighted by molar-refractivity contribution is 5.81. The lowest BCUT2D eigenvalue weighted by Crippen LogP contribution is -2.26. The Hall–Kier alpha value is -0.570. The largest absolute Gasteiger partial charge is 0.345 e. The van der Waals surface area contributed by atoms with E-state index in [0.29, 0.717) is 11.8 Å². The zero-order chi connectivity index (χ0) is 8.01. The topological polar surface area (TPSA) is 46.3 Å². The summed E-state index contributed by atoms with van der Waals surface area (Å²) < 4.78 is 0. The lowest BCUT2D eigenvalue weighted by molar-refractivity contribution is -0.129. The van der Waals surface area contributed by atoms with Crippen LogP contribution in [0.25, 0.3) is 0 Å². The number of nitrogens with zero attached hydrogens (tertiary/aromatic N) is 1. The van der Waals surface area contributed by atoms with E-state index in [2.05, 4.69) is 0 Å². The average Bonchev–Trinajstić information content (AvgIpc) is 2.37. The van der Waals surface area contributed by atoms with Gasteiger partial charge >= 0.3 is 0 Å². The molecule has 0 aromatic heterocycles. The van der Waals surface area contributed by atoms with E-state index >= 15 is 0 Å². The number of likely N-dealkylation sites (tertiary alicyclic amines) is 1. The second kappa shape index (κ2) is 2.21. The van der Waals surface area contributed by atoms with Gasteiger partial charge < -0.3 is 10.6 Å². The van der Waals surface area contributed by atoms with E-state index in [1.54, 1.807) is 0 Å². The van der Waals surface area contributed by atoms with Gasteiger partial charge in [-0.1, -0.05) is 0 Å². The van der Waals surface area contributed by atoms with Gasteiger partial charge in [-0.3, -0.25) is 4.79 Å². The molecular formula is C8H14N2O. The highest BCUT2D eigenvalue weighted by Crippen LogP contribution is 2.37. The van der Waals surface area contributed by atoms with Crippen LogP contribution in [-0.2, 0) is 4.79 Å². The SMILES string of the molecule is CN1CC2CC(N)CC2C1=O. The second-order valence-corrected chi connectivity index (χ2v) is 3.82. The second-order valence-electron chi connectivity index (χ2n) is 3.82. The molecule has 1 saturated heterocycles. The first-order valence-corrected chi connectivity index (χ1v) is 4.19. The van der Waals surface area contributed by atoms with E-state index in [9.17, 15) is 4.79 Å². The highest BCUT2D eigenvalue weighted by Gasteiger charge is 2.44. The molecule has 0 aromatic carbocycles. The molecule has 2 aliphatic rings. The minimum absolute atomic E-state index is 0.259. The molecule has 62 valence electrons. The van der Waals surface area contributed by atoms with E-state index < -0.39 is 0 Å². The van der Waals surface area contributed by atoms with Crippen LogP contribution in [0.15, 0.2) is 0 Å². The lowest BCUT2D eigenvalue weighted by Gasteiger charge is -2.10. The molecule has 2 fully saturated rings. The predicted octanol–water partition coefficient (Wildman–Crippen LogP) is -0.188. The number of fused-ring (bicyclic) bond motifs is 1. The third-order valence-corrected chi connectivity index (χ3v) is 2.93. The Bertz CT molecular complexity index is 193. The third-order valence-electron chi connectivity index (χ3n) is 2.93. The molecule has 1 saturated carbocycles. The van der Waals surface area contributed by atoms with Crippen molar-refractivity contribution in [2.24, 2.45) is 17.6 Å². The van der Waals surface area contributed by atoms with Crippen LogP contribution in [-0.4, -0.2) is 30.4 Å². The summed E-state index contributed by atoms with van der Waals surface area (Å²) in [7, 11) is 1.88. The van der Waals surface area contributed by atoms with Gasteiger partial charge in [0, 0.05) is 25.6 Å². The maximum absolute atomic E-state index is 11.4. The normalized spacial score (nSPS) is 43.3. The molecule has 2 rings (SSSR count). The number of carbonyl (C=O) groups is 1. The summed E-state index contributed by atoms with van der Waals surface area (Å²) in [5.41, 5.74) is 5.76. The molecule has 3 unspecified atom stereocenters. The standard InChI is InChI=1S/C8H14N2O/c1-10-4-5-2-6(9)3-7(5)8(10)11/h5-7H,2-4,9H2,1H3. The summed E-state index contributed by atoms with van der Waals surface area (Å²) >= 11 is 0. The summed E-state index contributed by atoms with van der Waals surface area (Å²) in [4.78, 5) is 13.2. The van der Waals surface area contributed by atoms with Gasteiger partial charge in [0.1, 0.15) is 0 Å². The van der Waals surface area contributed by atoms with Crippen molar-refractivity contribution in [2.75, 3.05) is 13.6 Å². The van der Waals surface area contributed by atoms with Crippen molar-refractivity contribution in [3.63, 3.8) is 0 Å². The van der Waals surface area contributed by atoms with Gasteiger partial charge in [0.05, 0.1) is 0 Å². The van der Waals surface area contributed by atoms with E-state index in [-0.39, 0.29) is 12.0 Å². The maximum atomic E-state index is 11.4. The average molecular weight is 154 g/mol. The van der Waals surface area contributed by atoms with E-state index in [0.717, 1.165) is 19.4 Å². The fraction of sp³-hybridized carbons (Fsp3) is 0.875. The van der Waals surface area contributed by atoms with Crippen LogP contribution in [0, 0.1) is 11.8 Å². The zero-order valence-electron chi connectivity index (χ0n) is 6.79. The van der Waals surface area contributed by atoms with Crippen molar-refractivity contribution in [1.29, 1.82) is 0 Å². The van der Waals surface area contributed by atoms with Crippen LogP contribution < -0.4 is 5.73 Å². The monoisotopic (exact) mass is 154 g/mol. The molecule has 2 N–H and O–H groups in total. The molecule has 3 atom stereocenters. The summed E-state index contributed by atoms with van der Waals surface area (Å²) in [5.74, 6) is 1.13. The van der Waals surface area contributed by atoms with Gasteiger partial charge in [-0.2, -0.15) is 0 Å². The first-order valence-electron chi connectivity index (χ1n) is 4.19. The number of nitrogens with two attached hydrogens (primary N) is 1. The van der Waals surface area contributed by atoms with E-state index in [1.165, 1.54) is 0 Å². The quantitative estimate of drug-likeness (QED) is 0.525. The van der Waals surface area contributed by atoms with Gasteiger partial charge in [-0.15, -0.1) is 0 Å². The number of rotatable bonds is 0. The Morgan fingerprint density at radius 3 is 2.91 bits per heavy atom. The van der Waals surface area contributed by atoms with Crippen LogP contribution in [0.2, 0.25) is 0 Å². The number of carbonyl (C=O) groups excluding carboxylic acids is 1. The van der Waals surface area contributed by atoms with Crippen molar-refractivity contribution in [3.05, 3.63) is 0 Å². The summed E-state index contributed by atoms with van der Waals surface area (Å²) in [5, 5.41) is 0. The Morgan fingerprint density at radius 1 is 1.55 bits per heavy atom. The van der Waals surface area contributed by atoms with Gasteiger partial charge in [0.2, 0.25) is 5.91 Å². The van der Waals surface area contributed by atoms with Crippen molar-refractivity contribution in [3.8, 4) is 0 Å². The van der Waals surface area contributed by atoms with Crippen LogP contribution in [0.1, 0.15) is 12.8 Å². The van der Waals surface area contributed by atoms with Gasteiger partial charge in [0.25, 0.3) is 0 Å². The molecule has 3 nitrogen and oxygen atoms in total. The van der Waals surface area contributed by atoms with Crippen molar-refractivity contribution in [1.82, 2.24) is 4.90 Å². The van der Waals surface area contributed by atoms with Crippen molar-refractivity contribution in [2.45, 2.75) is 18.9 Å². The zero-order valence-corrected chi connectivity index (χ0v) is 6.79. The summed E-state index contributed by atoms with van der Waals surface area (Å²) in [6.07, 6.45) is 1.95. The molecule has 1 heterocycles. The number of amides is 1.